The minimum absolute atomic E-state index is 0.0529. The molecule has 22 heavy (non-hydrogen) atoms. The van der Waals surface area contributed by atoms with Crippen LogP contribution in [0.1, 0.15) is 16.9 Å². The zero-order valence-corrected chi connectivity index (χ0v) is 11.8. The molecule has 0 aliphatic carbocycles. The monoisotopic (exact) mass is 298 g/mol. The molecule has 0 fully saturated rings. The molecule has 5 nitrogen and oxygen atoms in total. The molecule has 0 radical (unpaired) electrons. The Bertz CT molecular complexity index is 907. The minimum atomic E-state index is -0.329. The fraction of sp³-hybridized carbons (Fsp3) is 0.118. The Labute approximate surface area is 125 Å². The summed E-state index contributed by atoms with van der Waals surface area (Å²) in [5, 5.41) is 28.7. The van der Waals surface area contributed by atoms with E-state index in [4.69, 9.17) is 4.42 Å². The van der Waals surface area contributed by atoms with Gasteiger partial charge < -0.3 is 19.7 Å². The lowest BCUT2D eigenvalue weighted by atomic mass is 10.0. The molecule has 2 aromatic carbocycles. The molecule has 0 saturated carbocycles. The topological polar surface area (TPSA) is 90.9 Å². The van der Waals surface area contributed by atoms with Crippen LogP contribution in [0.15, 0.2) is 45.6 Å². The largest absolute Gasteiger partial charge is 0.508 e. The molecular formula is C17H14O5. The normalized spacial score (nSPS) is 11.0. The second-order valence-corrected chi connectivity index (χ2v) is 5.15. The summed E-state index contributed by atoms with van der Waals surface area (Å²) in [6.45, 7) is 1.66. The highest BCUT2D eigenvalue weighted by atomic mass is 16.3. The number of hydrogen-bond acceptors (Lipinski definition) is 5. The summed E-state index contributed by atoms with van der Waals surface area (Å²) in [6, 6.07) is 8.93. The Morgan fingerprint density at radius 2 is 1.68 bits per heavy atom. The lowest BCUT2D eigenvalue weighted by Crippen LogP contribution is -2.12. The van der Waals surface area contributed by atoms with Crippen LogP contribution in [0.4, 0.5) is 0 Å². The highest BCUT2D eigenvalue weighted by molar-refractivity contribution is 5.85. The lowest BCUT2D eigenvalue weighted by Gasteiger charge is -2.08. The van der Waals surface area contributed by atoms with Gasteiger partial charge in [0.25, 0.3) is 0 Å². The Balaban J connectivity index is 2.18. The molecule has 3 aromatic rings. The molecule has 0 aliphatic heterocycles. The molecule has 1 heterocycles. The first-order chi connectivity index (χ1) is 10.5. The van der Waals surface area contributed by atoms with Crippen molar-refractivity contribution in [2.75, 3.05) is 0 Å². The van der Waals surface area contributed by atoms with Gasteiger partial charge in [-0.1, -0.05) is 12.1 Å². The van der Waals surface area contributed by atoms with Crippen LogP contribution in [-0.4, -0.2) is 15.3 Å². The van der Waals surface area contributed by atoms with E-state index in [1.165, 1.54) is 6.07 Å². The van der Waals surface area contributed by atoms with Crippen LogP contribution in [0.2, 0.25) is 0 Å². The molecular weight excluding hydrogens is 284 g/mol. The van der Waals surface area contributed by atoms with Gasteiger partial charge in [-0.25, -0.2) is 0 Å². The van der Waals surface area contributed by atoms with Crippen molar-refractivity contribution in [1.82, 2.24) is 0 Å². The van der Waals surface area contributed by atoms with Crippen molar-refractivity contribution in [3.05, 3.63) is 63.5 Å². The average Bonchev–Trinajstić information content (AvgIpc) is 2.44. The molecule has 5 heteroatoms. The van der Waals surface area contributed by atoms with E-state index in [0.29, 0.717) is 17.7 Å². The number of phenols is 3. The summed E-state index contributed by atoms with van der Waals surface area (Å²) in [5.74, 6) is 0.101. The average molecular weight is 298 g/mol. The van der Waals surface area contributed by atoms with Crippen molar-refractivity contribution in [1.29, 1.82) is 0 Å². The third kappa shape index (κ3) is 2.37. The molecule has 0 unspecified atom stereocenters. The van der Waals surface area contributed by atoms with Crippen LogP contribution < -0.4 is 5.43 Å². The van der Waals surface area contributed by atoms with Gasteiger partial charge in [-0.15, -0.1) is 0 Å². The van der Waals surface area contributed by atoms with Crippen molar-refractivity contribution in [3.63, 3.8) is 0 Å². The second kappa shape index (κ2) is 5.11. The molecule has 3 N–H and O–H groups in total. The van der Waals surface area contributed by atoms with Crippen LogP contribution in [-0.2, 0) is 6.42 Å². The van der Waals surface area contributed by atoms with Gasteiger partial charge >= 0.3 is 0 Å². The Morgan fingerprint density at radius 1 is 1.00 bits per heavy atom. The Hall–Kier alpha value is -2.95. The lowest BCUT2D eigenvalue weighted by molar-refractivity contribution is 0.450. The molecule has 0 saturated heterocycles. The first-order valence-corrected chi connectivity index (χ1v) is 6.72. The van der Waals surface area contributed by atoms with Gasteiger partial charge in [0.05, 0.1) is 0 Å². The van der Waals surface area contributed by atoms with Crippen molar-refractivity contribution in [2.24, 2.45) is 0 Å². The summed E-state index contributed by atoms with van der Waals surface area (Å²) in [4.78, 5) is 12.6. The van der Waals surface area contributed by atoms with Crippen LogP contribution in [0, 0.1) is 6.92 Å². The molecule has 1 aromatic heterocycles. The number of fused-ring (bicyclic) bond motifs is 1. The van der Waals surface area contributed by atoms with E-state index >= 15 is 0 Å². The summed E-state index contributed by atoms with van der Waals surface area (Å²) in [7, 11) is 0. The molecule has 0 aliphatic rings. The number of benzene rings is 2. The SMILES string of the molecule is Cc1oc2cc(O)cc(O)c2c(=O)c1Cc1ccc(O)cc1. The standard InChI is InChI=1S/C17H14O5/c1-9-13(6-10-2-4-11(18)5-3-10)17(21)16-14(20)7-12(19)8-15(16)22-9/h2-5,7-8,18-20H,6H2,1H3. The molecule has 0 atom stereocenters. The van der Waals surface area contributed by atoms with Crippen LogP contribution >= 0.6 is 0 Å². The van der Waals surface area contributed by atoms with Crippen LogP contribution in [0.5, 0.6) is 17.2 Å². The van der Waals surface area contributed by atoms with E-state index in [1.807, 2.05) is 0 Å². The number of rotatable bonds is 2. The molecule has 0 bridgehead atoms. The Kier molecular flexibility index (Phi) is 3.25. The fourth-order valence-corrected chi connectivity index (χ4v) is 2.46. The van der Waals surface area contributed by atoms with Gasteiger partial charge in [0, 0.05) is 24.1 Å². The maximum absolute atomic E-state index is 12.6. The maximum Gasteiger partial charge on any atom is 0.200 e. The van der Waals surface area contributed by atoms with Gasteiger partial charge in [-0.3, -0.25) is 4.79 Å². The predicted molar refractivity (Wildman–Crippen MR) is 81.5 cm³/mol. The second-order valence-electron chi connectivity index (χ2n) is 5.15. The quantitative estimate of drug-likeness (QED) is 0.676. The van der Waals surface area contributed by atoms with Crippen LogP contribution in [0.25, 0.3) is 11.0 Å². The van der Waals surface area contributed by atoms with Gasteiger partial charge in [-0.2, -0.15) is 0 Å². The zero-order valence-electron chi connectivity index (χ0n) is 11.8. The van der Waals surface area contributed by atoms with Gasteiger partial charge in [0.15, 0.2) is 5.43 Å². The minimum Gasteiger partial charge on any atom is -0.508 e. The van der Waals surface area contributed by atoms with E-state index in [9.17, 15) is 20.1 Å². The van der Waals surface area contributed by atoms with E-state index < -0.39 is 0 Å². The molecule has 0 amide bonds. The first-order valence-electron chi connectivity index (χ1n) is 6.72. The number of aromatic hydroxyl groups is 3. The summed E-state index contributed by atoms with van der Waals surface area (Å²) >= 11 is 0. The van der Waals surface area contributed by atoms with Crippen molar-refractivity contribution >= 4 is 11.0 Å². The van der Waals surface area contributed by atoms with Crippen LogP contribution in [0.3, 0.4) is 0 Å². The third-order valence-electron chi connectivity index (χ3n) is 3.57. The summed E-state index contributed by atoms with van der Waals surface area (Å²) in [5.41, 5.74) is 1.09. The summed E-state index contributed by atoms with van der Waals surface area (Å²) < 4.78 is 5.56. The van der Waals surface area contributed by atoms with E-state index in [0.717, 1.165) is 11.6 Å². The Morgan fingerprint density at radius 3 is 2.36 bits per heavy atom. The highest BCUT2D eigenvalue weighted by Crippen LogP contribution is 2.29. The zero-order chi connectivity index (χ0) is 15.9. The van der Waals surface area contributed by atoms with Gasteiger partial charge in [0.2, 0.25) is 0 Å². The number of aryl methyl sites for hydroxylation is 1. The van der Waals surface area contributed by atoms with Crippen molar-refractivity contribution < 1.29 is 19.7 Å². The number of phenolic OH excluding ortho intramolecular Hbond substituents is 3. The molecule has 112 valence electrons. The fourth-order valence-electron chi connectivity index (χ4n) is 2.46. The van der Waals surface area contributed by atoms with E-state index in [1.54, 1.807) is 31.2 Å². The smallest absolute Gasteiger partial charge is 0.200 e. The first kappa shape index (κ1) is 14.0. The van der Waals surface area contributed by atoms with Crippen molar-refractivity contribution in [3.8, 4) is 17.2 Å². The van der Waals surface area contributed by atoms with Gasteiger partial charge in [0.1, 0.15) is 34.0 Å². The molecule has 0 spiro atoms. The van der Waals surface area contributed by atoms with E-state index in [2.05, 4.69) is 0 Å². The van der Waals surface area contributed by atoms with Gasteiger partial charge in [-0.05, 0) is 24.6 Å². The third-order valence-corrected chi connectivity index (χ3v) is 3.57. The molecule has 3 rings (SSSR count). The predicted octanol–water partition coefficient (Wildman–Crippen LogP) is 2.81. The van der Waals surface area contributed by atoms with E-state index in [-0.39, 0.29) is 33.6 Å². The van der Waals surface area contributed by atoms with Crippen molar-refractivity contribution in [2.45, 2.75) is 13.3 Å². The summed E-state index contributed by atoms with van der Waals surface area (Å²) in [6.07, 6.45) is 0.324. The number of hydrogen-bond donors (Lipinski definition) is 3. The maximum atomic E-state index is 12.6. The highest BCUT2D eigenvalue weighted by Gasteiger charge is 2.16.